The molecule has 0 unspecified atom stereocenters. The minimum absolute atomic E-state index is 0.120. The highest BCUT2D eigenvalue weighted by atomic mass is 35.5. The standard InChI is InChI=1S/C18H18ClFN2O4/c1-25-15-9-12(8-14(19)17(15)26-10-16(21)23)18(24)22-7-6-11-2-4-13(20)5-3-11/h2-5,8-9H,6-7,10H2,1H3,(H2,21,23)(H,22,24). The molecular formula is C18H18ClFN2O4. The quantitative estimate of drug-likeness (QED) is 0.735. The highest BCUT2D eigenvalue weighted by Gasteiger charge is 2.16. The number of nitrogens with two attached hydrogens (primary N) is 1. The van der Waals surface area contributed by atoms with Crippen molar-refractivity contribution in [2.75, 3.05) is 20.3 Å². The Morgan fingerprint density at radius 3 is 2.54 bits per heavy atom. The first-order chi connectivity index (χ1) is 12.4. The fourth-order valence-electron chi connectivity index (χ4n) is 2.21. The highest BCUT2D eigenvalue weighted by molar-refractivity contribution is 6.32. The summed E-state index contributed by atoms with van der Waals surface area (Å²) in [4.78, 5) is 23.1. The number of rotatable bonds is 8. The van der Waals surface area contributed by atoms with Gasteiger partial charge in [0.15, 0.2) is 18.1 Å². The zero-order valence-corrected chi connectivity index (χ0v) is 14.8. The Labute approximate surface area is 155 Å². The minimum Gasteiger partial charge on any atom is -0.493 e. The smallest absolute Gasteiger partial charge is 0.255 e. The largest absolute Gasteiger partial charge is 0.493 e. The first-order valence-corrected chi connectivity index (χ1v) is 8.09. The summed E-state index contributed by atoms with van der Waals surface area (Å²) in [5, 5.41) is 2.87. The Morgan fingerprint density at radius 2 is 1.92 bits per heavy atom. The van der Waals surface area contributed by atoms with Gasteiger partial charge in [-0.05, 0) is 36.2 Å². The van der Waals surface area contributed by atoms with E-state index in [1.54, 1.807) is 12.1 Å². The molecule has 0 aliphatic carbocycles. The van der Waals surface area contributed by atoms with E-state index in [0.717, 1.165) is 5.56 Å². The molecule has 0 saturated heterocycles. The van der Waals surface area contributed by atoms with Crippen molar-refractivity contribution in [3.8, 4) is 11.5 Å². The second kappa shape index (κ2) is 9.05. The summed E-state index contributed by atoms with van der Waals surface area (Å²) < 4.78 is 23.2. The van der Waals surface area contributed by atoms with Gasteiger partial charge in [0.1, 0.15) is 5.82 Å². The Bertz CT molecular complexity index is 797. The number of hydrogen-bond donors (Lipinski definition) is 2. The van der Waals surface area contributed by atoms with Crippen LogP contribution in [0.1, 0.15) is 15.9 Å². The summed E-state index contributed by atoms with van der Waals surface area (Å²) in [6.45, 7) is 0.00359. The summed E-state index contributed by atoms with van der Waals surface area (Å²) in [6.07, 6.45) is 0.552. The second-order valence-corrected chi connectivity index (χ2v) is 5.78. The monoisotopic (exact) mass is 380 g/mol. The average Bonchev–Trinajstić information content (AvgIpc) is 2.61. The fourth-order valence-corrected chi connectivity index (χ4v) is 2.47. The van der Waals surface area contributed by atoms with Crippen LogP contribution in [0.25, 0.3) is 0 Å². The van der Waals surface area contributed by atoms with Crippen LogP contribution in [-0.2, 0) is 11.2 Å². The lowest BCUT2D eigenvalue weighted by Gasteiger charge is -2.13. The number of nitrogens with one attached hydrogen (secondary N) is 1. The molecule has 2 rings (SSSR count). The third kappa shape index (κ3) is 5.35. The molecule has 26 heavy (non-hydrogen) atoms. The van der Waals surface area contributed by atoms with Gasteiger partial charge >= 0.3 is 0 Å². The van der Waals surface area contributed by atoms with Gasteiger partial charge in [0.25, 0.3) is 11.8 Å². The van der Waals surface area contributed by atoms with E-state index in [2.05, 4.69) is 5.32 Å². The van der Waals surface area contributed by atoms with Crippen LogP contribution in [0.5, 0.6) is 11.5 Å². The molecule has 0 spiro atoms. The molecule has 0 bridgehead atoms. The molecule has 0 atom stereocenters. The molecule has 0 saturated carbocycles. The van der Waals surface area contributed by atoms with Crippen molar-refractivity contribution >= 4 is 23.4 Å². The fraction of sp³-hybridized carbons (Fsp3) is 0.222. The van der Waals surface area contributed by atoms with Crippen LogP contribution >= 0.6 is 11.6 Å². The molecule has 0 aromatic heterocycles. The molecule has 8 heteroatoms. The number of amides is 2. The van der Waals surface area contributed by atoms with Crippen molar-refractivity contribution in [3.63, 3.8) is 0 Å². The van der Waals surface area contributed by atoms with E-state index in [0.29, 0.717) is 13.0 Å². The van der Waals surface area contributed by atoms with E-state index in [1.807, 2.05) is 0 Å². The second-order valence-electron chi connectivity index (χ2n) is 5.38. The van der Waals surface area contributed by atoms with Gasteiger partial charge < -0.3 is 20.5 Å². The lowest BCUT2D eigenvalue weighted by Crippen LogP contribution is -2.26. The van der Waals surface area contributed by atoms with Crippen molar-refractivity contribution < 1.29 is 23.5 Å². The minimum atomic E-state index is -0.661. The van der Waals surface area contributed by atoms with Gasteiger partial charge in [0.05, 0.1) is 12.1 Å². The molecule has 0 aliphatic heterocycles. The van der Waals surface area contributed by atoms with Crippen molar-refractivity contribution in [2.24, 2.45) is 5.73 Å². The number of methoxy groups -OCH3 is 1. The SMILES string of the molecule is COc1cc(C(=O)NCCc2ccc(F)cc2)cc(Cl)c1OCC(N)=O. The summed E-state index contributed by atoms with van der Waals surface area (Å²) in [5.41, 5.74) is 6.21. The number of hydrogen-bond acceptors (Lipinski definition) is 4. The van der Waals surface area contributed by atoms with Gasteiger partial charge in [0, 0.05) is 12.1 Å². The lowest BCUT2D eigenvalue weighted by molar-refractivity contribution is -0.119. The molecule has 2 aromatic carbocycles. The number of primary amides is 1. The topological polar surface area (TPSA) is 90.7 Å². The van der Waals surface area contributed by atoms with Crippen LogP contribution in [0.4, 0.5) is 4.39 Å². The van der Waals surface area contributed by atoms with E-state index in [-0.39, 0.29) is 40.4 Å². The Balaban J connectivity index is 2.02. The summed E-state index contributed by atoms with van der Waals surface area (Å²) in [7, 11) is 1.39. The van der Waals surface area contributed by atoms with Crippen LogP contribution in [0, 0.1) is 5.82 Å². The van der Waals surface area contributed by atoms with Crippen LogP contribution in [-0.4, -0.2) is 32.1 Å². The van der Waals surface area contributed by atoms with Crippen molar-refractivity contribution in [3.05, 3.63) is 58.4 Å². The van der Waals surface area contributed by atoms with Crippen molar-refractivity contribution in [1.82, 2.24) is 5.32 Å². The maximum absolute atomic E-state index is 12.9. The highest BCUT2D eigenvalue weighted by Crippen LogP contribution is 2.36. The average molecular weight is 381 g/mol. The van der Waals surface area contributed by atoms with Crippen LogP contribution in [0.2, 0.25) is 5.02 Å². The molecule has 0 radical (unpaired) electrons. The molecule has 3 N–H and O–H groups in total. The van der Waals surface area contributed by atoms with Crippen molar-refractivity contribution in [2.45, 2.75) is 6.42 Å². The third-order valence-corrected chi connectivity index (χ3v) is 3.74. The molecule has 0 fully saturated rings. The Morgan fingerprint density at radius 1 is 1.23 bits per heavy atom. The van der Waals surface area contributed by atoms with Crippen LogP contribution in [0.3, 0.4) is 0 Å². The summed E-state index contributed by atoms with van der Waals surface area (Å²) in [5.74, 6) is -0.976. The first-order valence-electron chi connectivity index (χ1n) is 7.72. The van der Waals surface area contributed by atoms with Crippen LogP contribution < -0.4 is 20.5 Å². The van der Waals surface area contributed by atoms with Crippen molar-refractivity contribution in [1.29, 1.82) is 0 Å². The van der Waals surface area contributed by atoms with Gasteiger partial charge in [-0.2, -0.15) is 0 Å². The number of ether oxygens (including phenoxy) is 2. The summed E-state index contributed by atoms with van der Waals surface area (Å²) >= 11 is 6.11. The van der Waals surface area contributed by atoms with Gasteiger partial charge in [-0.1, -0.05) is 23.7 Å². The van der Waals surface area contributed by atoms with E-state index in [1.165, 1.54) is 31.4 Å². The molecule has 2 amide bonds. The predicted octanol–water partition coefficient (Wildman–Crippen LogP) is 2.32. The molecule has 0 heterocycles. The number of halogens is 2. The van der Waals surface area contributed by atoms with E-state index in [9.17, 15) is 14.0 Å². The first kappa shape index (κ1) is 19.5. The predicted molar refractivity (Wildman–Crippen MR) is 95.1 cm³/mol. The van der Waals surface area contributed by atoms with E-state index >= 15 is 0 Å². The maximum atomic E-state index is 12.9. The van der Waals surface area contributed by atoms with Gasteiger partial charge in [0.2, 0.25) is 0 Å². The molecule has 138 valence electrons. The van der Waals surface area contributed by atoms with Crippen LogP contribution in [0.15, 0.2) is 36.4 Å². The molecule has 6 nitrogen and oxygen atoms in total. The number of carbonyl (C=O) groups is 2. The lowest BCUT2D eigenvalue weighted by atomic mass is 10.1. The summed E-state index contributed by atoms with van der Waals surface area (Å²) in [6, 6.07) is 8.92. The molecular weight excluding hydrogens is 363 g/mol. The Kier molecular flexibility index (Phi) is 6.80. The van der Waals surface area contributed by atoms with E-state index in [4.69, 9.17) is 26.8 Å². The van der Waals surface area contributed by atoms with E-state index < -0.39 is 5.91 Å². The number of carbonyl (C=O) groups excluding carboxylic acids is 2. The van der Waals surface area contributed by atoms with Gasteiger partial charge in [-0.15, -0.1) is 0 Å². The molecule has 2 aromatic rings. The number of benzene rings is 2. The van der Waals surface area contributed by atoms with Gasteiger partial charge in [-0.3, -0.25) is 9.59 Å². The third-order valence-electron chi connectivity index (χ3n) is 3.46. The zero-order valence-electron chi connectivity index (χ0n) is 14.1. The Hall–Kier alpha value is -2.80. The normalized spacial score (nSPS) is 10.3. The zero-order chi connectivity index (χ0) is 19.1. The maximum Gasteiger partial charge on any atom is 0.255 e. The molecule has 0 aliphatic rings. The van der Waals surface area contributed by atoms with Gasteiger partial charge in [-0.25, -0.2) is 4.39 Å².